The van der Waals surface area contributed by atoms with E-state index in [0.29, 0.717) is 0 Å². The van der Waals surface area contributed by atoms with Crippen molar-refractivity contribution in [1.29, 1.82) is 0 Å². The molecule has 0 unspecified atom stereocenters. The Balaban J connectivity index is 0. The number of aliphatic carboxylic acids is 1. The number of hydrogen-bond acceptors (Lipinski definition) is 4. The van der Waals surface area contributed by atoms with Crippen molar-refractivity contribution in [2.45, 2.75) is 66.5 Å². The number of carbonyl (C=O) groups is 1. The number of nitrogens with zero attached hydrogens (tertiary/aromatic N) is 1. The molecule has 28 heteroatoms. The van der Waals surface area contributed by atoms with Gasteiger partial charge in [0.1, 0.15) is 0 Å². The van der Waals surface area contributed by atoms with Gasteiger partial charge in [0.25, 0.3) is 0 Å². The van der Waals surface area contributed by atoms with Gasteiger partial charge in [-0.05, 0) is 6.92 Å². The van der Waals surface area contributed by atoms with Crippen LogP contribution in [0.3, 0.4) is 0 Å². The van der Waals surface area contributed by atoms with E-state index < -0.39 is 92.2 Å². The molecule has 0 aliphatic heterocycles. The van der Waals surface area contributed by atoms with Crippen molar-refractivity contribution in [2.75, 3.05) is 12.3 Å². The number of rotatable bonds is 13. The maximum atomic E-state index is 14.1. The van der Waals surface area contributed by atoms with E-state index in [9.17, 15) is 111 Å². The third kappa shape index (κ3) is 5.93. The third-order valence-electron chi connectivity index (χ3n) is 4.78. The largest absolute Gasteiger partial charge is 1.00 e. The number of carbonyl (C=O) groups excluding carboxylic acids is 1. The molecule has 0 radical (unpaired) electrons. The molecule has 0 amide bonds. The number of carboxylic acid groups (broad SMARTS) is 1. The average Bonchev–Trinajstić information content (AvgIpc) is 2.75. The number of hydrogen-bond donors (Lipinski definition) is 0. The van der Waals surface area contributed by atoms with E-state index in [2.05, 4.69) is 0 Å². The number of sulfonamides is 1. The molecule has 0 N–H and O–H groups in total. The van der Waals surface area contributed by atoms with Crippen LogP contribution < -0.4 is 56.5 Å². The summed E-state index contributed by atoms with van der Waals surface area (Å²) in [5.74, 6) is -78.0. The SMILES string of the molecule is CCS(=O)(=O)N(CC(=O)[O-])C(F)(F)C(F)(F)C(F)(F)C(F)(F)C(F)(F)C(F)(F)C(F)(F)C(F)(F)C(F)(F)C(F)(F)F.[K+]. The Hall–Kier alpha value is -0.454. The Bertz CT molecular complexity index is 1100. The number of alkyl halides is 21. The van der Waals surface area contributed by atoms with Crippen LogP contribution in [0.2, 0.25) is 0 Å². The molecule has 0 aromatic carbocycles. The molecule has 0 aliphatic carbocycles. The Kier molecular flexibility index (Phi) is 12.2. The summed E-state index contributed by atoms with van der Waals surface area (Å²) in [7, 11) is -6.38. The Morgan fingerprint density at radius 3 is 1.00 bits per heavy atom. The van der Waals surface area contributed by atoms with E-state index >= 15 is 0 Å². The van der Waals surface area contributed by atoms with Gasteiger partial charge in [0, 0.05) is 0 Å². The van der Waals surface area contributed by atoms with Crippen LogP contribution in [-0.4, -0.2) is 90.6 Å². The predicted octanol–water partition coefficient (Wildman–Crippen LogP) is 1.63. The Labute approximate surface area is 259 Å². The first-order valence-corrected chi connectivity index (χ1v) is 10.6. The molecule has 0 aliphatic rings. The summed E-state index contributed by atoms with van der Waals surface area (Å²) in [6.07, 6.45) is -8.11. The van der Waals surface area contributed by atoms with Crippen molar-refractivity contribution in [3.05, 3.63) is 0 Å². The quantitative estimate of drug-likeness (QED) is 0.165. The zero-order valence-corrected chi connectivity index (χ0v) is 23.3. The first kappa shape index (κ1) is 43.7. The van der Waals surface area contributed by atoms with Crippen LogP contribution >= 0.6 is 0 Å². The van der Waals surface area contributed by atoms with Crippen LogP contribution in [0, 0.1) is 0 Å². The fourth-order valence-corrected chi connectivity index (χ4v) is 3.43. The minimum absolute atomic E-state index is 0. The summed E-state index contributed by atoms with van der Waals surface area (Å²) in [4.78, 5) is 10.4. The van der Waals surface area contributed by atoms with Crippen LogP contribution in [0.5, 0.6) is 0 Å². The van der Waals surface area contributed by atoms with Crippen molar-refractivity contribution in [3.8, 4) is 0 Å². The van der Waals surface area contributed by atoms with E-state index in [0.717, 1.165) is 0 Å². The number of carboxylic acids is 1. The van der Waals surface area contributed by atoms with Gasteiger partial charge in [-0.15, -0.1) is 4.31 Å². The maximum absolute atomic E-state index is 14.1. The summed E-state index contributed by atoms with van der Waals surface area (Å²) in [5.41, 5.74) is 0. The number of halogens is 21. The van der Waals surface area contributed by atoms with Crippen molar-refractivity contribution in [1.82, 2.24) is 4.31 Å². The minimum Gasteiger partial charge on any atom is -0.549 e. The van der Waals surface area contributed by atoms with Gasteiger partial charge in [-0.25, -0.2) is 8.42 Å². The normalized spacial score (nSPS) is 16.0. The first-order valence-electron chi connectivity index (χ1n) is 9.03. The van der Waals surface area contributed by atoms with Crippen LogP contribution in [0.15, 0.2) is 0 Å². The second kappa shape index (κ2) is 11.7. The molecule has 246 valence electrons. The van der Waals surface area contributed by atoms with Crippen molar-refractivity contribution >= 4 is 16.0 Å². The molecule has 0 aromatic heterocycles. The zero-order valence-electron chi connectivity index (χ0n) is 19.3. The van der Waals surface area contributed by atoms with Gasteiger partial charge in [0.2, 0.25) is 10.0 Å². The summed E-state index contributed by atoms with van der Waals surface area (Å²) >= 11 is 0. The summed E-state index contributed by atoms with van der Waals surface area (Å²) in [6, 6.07) is -7.77. The molecular weight excluding hydrogens is 716 g/mol. The second-order valence-electron chi connectivity index (χ2n) is 7.41. The van der Waals surface area contributed by atoms with E-state index in [1.54, 1.807) is 0 Å². The topological polar surface area (TPSA) is 77.5 Å². The molecule has 42 heavy (non-hydrogen) atoms. The van der Waals surface area contributed by atoms with E-state index in [-0.39, 0.29) is 58.3 Å². The molecule has 0 saturated carbocycles. The van der Waals surface area contributed by atoms with Gasteiger partial charge in [-0.2, -0.15) is 92.2 Å². The van der Waals surface area contributed by atoms with Crippen molar-refractivity contribution in [2.24, 2.45) is 0 Å². The molecular formula is C14H7F21KNO4S. The molecule has 0 heterocycles. The van der Waals surface area contributed by atoms with Crippen LogP contribution in [0.4, 0.5) is 92.2 Å². The first-order chi connectivity index (χ1) is 17.4. The van der Waals surface area contributed by atoms with Crippen molar-refractivity contribution in [3.63, 3.8) is 0 Å². The second-order valence-corrected chi connectivity index (χ2v) is 9.60. The molecule has 0 spiro atoms. The molecule has 5 nitrogen and oxygen atoms in total. The summed E-state index contributed by atoms with van der Waals surface area (Å²) in [6.45, 7) is -3.09. The molecule has 0 aromatic rings. The molecule has 0 rings (SSSR count). The van der Waals surface area contributed by atoms with Gasteiger partial charge in [0.15, 0.2) is 0 Å². The van der Waals surface area contributed by atoms with Crippen LogP contribution in [0.1, 0.15) is 6.92 Å². The smallest absolute Gasteiger partial charge is 0.549 e. The molecule has 0 atom stereocenters. The zero-order chi connectivity index (χ0) is 34.1. The molecule has 0 bridgehead atoms. The van der Waals surface area contributed by atoms with Gasteiger partial charge >= 0.3 is 111 Å². The van der Waals surface area contributed by atoms with E-state index in [4.69, 9.17) is 0 Å². The Morgan fingerprint density at radius 2 is 0.786 bits per heavy atom. The summed E-state index contributed by atoms with van der Waals surface area (Å²) in [5, 5.41) is 10.4. The van der Waals surface area contributed by atoms with Gasteiger partial charge in [-0.3, -0.25) is 0 Å². The van der Waals surface area contributed by atoms with Crippen LogP contribution in [0.25, 0.3) is 0 Å². The fraction of sp³-hybridized carbons (Fsp3) is 0.929. The molecule has 0 saturated heterocycles. The van der Waals surface area contributed by atoms with E-state index in [1.165, 1.54) is 0 Å². The predicted molar refractivity (Wildman–Crippen MR) is 81.8 cm³/mol. The Morgan fingerprint density at radius 1 is 0.548 bits per heavy atom. The van der Waals surface area contributed by atoms with Crippen LogP contribution in [-0.2, 0) is 14.8 Å². The average molecular weight is 723 g/mol. The standard InChI is InChI=1S/C14H8F21NO4S.K/c1-2-41(39,40)36(3-4(37)38)14(34,35)12(29,30)10(25,26)8(21,22)6(17,18)5(15,16)7(19,20)9(23,24)11(27,28)13(31,32)33;/h2-3H2,1H3,(H,37,38);/q;+1/p-1. The monoisotopic (exact) mass is 723 g/mol. The maximum Gasteiger partial charge on any atom is 1.00 e. The van der Waals surface area contributed by atoms with Crippen molar-refractivity contribution < 1.29 is 162 Å². The molecule has 0 fully saturated rings. The third-order valence-corrected chi connectivity index (χ3v) is 6.54. The van der Waals surface area contributed by atoms with Gasteiger partial charge < -0.3 is 9.90 Å². The minimum atomic E-state index is -9.42. The van der Waals surface area contributed by atoms with Gasteiger partial charge in [-0.1, -0.05) is 0 Å². The fourth-order valence-electron chi connectivity index (χ4n) is 2.35. The van der Waals surface area contributed by atoms with E-state index in [1.807, 2.05) is 0 Å². The van der Waals surface area contributed by atoms with Gasteiger partial charge in [0.05, 0.1) is 18.3 Å². The summed E-state index contributed by atoms with van der Waals surface area (Å²) < 4.78 is 301.